The van der Waals surface area contributed by atoms with Crippen LogP contribution in [-0.4, -0.2) is 4.98 Å². The SMILES string of the molecule is Cc1nccc(Br)c1I. The molecular weight excluding hydrogens is 293 g/mol. The van der Waals surface area contributed by atoms with Gasteiger partial charge in [-0.2, -0.15) is 0 Å². The highest BCUT2D eigenvalue weighted by Gasteiger charge is 1.97. The van der Waals surface area contributed by atoms with E-state index in [0.717, 1.165) is 10.2 Å². The summed E-state index contributed by atoms with van der Waals surface area (Å²) in [6.07, 6.45) is 1.79. The van der Waals surface area contributed by atoms with E-state index in [0.29, 0.717) is 0 Å². The molecule has 1 nitrogen and oxygen atoms in total. The fraction of sp³-hybridized carbons (Fsp3) is 0.167. The minimum Gasteiger partial charge on any atom is -0.260 e. The van der Waals surface area contributed by atoms with Crippen LogP contribution in [0.15, 0.2) is 16.7 Å². The summed E-state index contributed by atoms with van der Waals surface area (Å²) in [5.74, 6) is 0. The quantitative estimate of drug-likeness (QED) is 0.671. The number of aromatic nitrogens is 1. The Kier molecular flexibility index (Phi) is 2.46. The summed E-state index contributed by atoms with van der Waals surface area (Å²) >= 11 is 5.66. The topological polar surface area (TPSA) is 12.9 Å². The zero-order valence-corrected chi connectivity index (χ0v) is 8.60. The Morgan fingerprint density at radius 1 is 1.67 bits per heavy atom. The highest BCUT2D eigenvalue weighted by atomic mass is 127. The van der Waals surface area contributed by atoms with Crippen molar-refractivity contribution in [1.82, 2.24) is 4.98 Å². The third kappa shape index (κ3) is 1.64. The summed E-state index contributed by atoms with van der Waals surface area (Å²) in [5.41, 5.74) is 1.07. The van der Waals surface area contributed by atoms with E-state index in [9.17, 15) is 0 Å². The molecule has 1 heterocycles. The summed E-state index contributed by atoms with van der Waals surface area (Å²) in [6, 6.07) is 1.94. The van der Waals surface area contributed by atoms with Crippen LogP contribution in [-0.2, 0) is 0 Å². The van der Waals surface area contributed by atoms with Crippen molar-refractivity contribution in [1.29, 1.82) is 0 Å². The van der Waals surface area contributed by atoms with E-state index >= 15 is 0 Å². The van der Waals surface area contributed by atoms with Crippen molar-refractivity contribution < 1.29 is 0 Å². The second-order valence-electron chi connectivity index (χ2n) is 1.69. The lowest BCUT2D eigenvalue weighted by atomic mass is 10.4. The lowest BCUT2D eigenvalue weighted by Crippen LogP contribution is -1.84. The molecule has 1 aromatic heterocycles. The molecule has 1 rings (SSSR count). The van der Waals surface area contributed by atoms with Gasteiger partial charge >= 0.3 is 0 Å². The summed E-state index contributed by atoms with van der Waals surface area (Å²) in [4.78, 5) is 4.10. The molecule has 1 aromatic rings. The molecule has 0 N–H and O–H groups in total. The first-order valence-corrected chi connectivity index (χ1v) is 4.35. The molecule has 0 aliphatic heterocycles. The Labute approximate surface area is 76.1 Å². The average Bonchev–Trinajstić information content (AvgIpc) is 1.83. The van der Waals surface area contributed by atoms with Crippen LogP contribution >= 0.6 is 38.5 Å². The van der Waals surface area contributed by atoms with Crippen LogP contribution in [0, 0.1) is 10.5 Å². The molecule has 0 unspecified atom stereocenters. The van der Waals surface area contributed by atoms with Crippen molar-refractivity contribution in [3.8, 4) is 0 Å². The van der Waals surface area contributed by atoms with Crippen molar-refractivity contribution in [2.75, 3.05) is 0 Å². The maximum absolute atomic E-state index is 4.10. The van der Waals surface area contributed by atoms with Crippen LogP contribution in [0.4, 0.5) is 0 Å². The molecule has 0 spiro atoms. The zero-order valence-electron chi connectivity index (χ0n) is 4.86. The zero-order chi connectivity index (χ0) is 6.85. The van der Waals surface area contributed by atoms with E-state index in [4.69, 9.17) is 0 Å². The Morgan fingerprint density at radius 2 is 2.33 bits per heavy atom. The number of rotatable bonds is 0. The lowest BCUT2D eigenvalue weighted by molar-refractivity contribution is 1.17. The summed E-state index contributed by atoms with van der Waals surface area (Å²) in [5, 5.41) is 0. The minimum absolute atomic E-state index is 1.07. The van der Waals surface area contributed by atoms with Gasteiger partial charge in [0.25, 0.3) is 0 Å². The largest absolute Gasteiger partial charge is 0.260 e. The summed E-state index contributed by atoms with van der Waals surface area (Å²) in [6.45, 7) is 1.99. The van der Waals surface area contributed by atoms with Crippen LogP contribution in [0.3, 0.4) is 0 Å². The summed E-state index contributed by atoms with van der Waals surface area (Å²) in [7, 11) is 0. The van der Waals surface area contributed by atoms with Gasteiger partial charge in [-0.1, -0.05) is 0 Å². The number of halogens is 2. The number of hydrogen-bond acceptors (Lipinski definition) is 1. The van der Waals surface area contributed by atoms with E-state index in [2.05, 4.69) is 43.5 Å². The second kappa shape index (κ2) is 2.96. The van der Waals surface area contributed by atoms with E-state index in [-0.39, 0.29) is 0 Å². The van der Waals surface area contributed by atoms with Crippen LogP contribution in [0.1, 0.15) is 5.69 Å². The van der Waals surface area contributed by atoms with Gasteiger partial charge in [0, 0.05) is 14.2 Å². The minimum atomic E-state index is 1.07. The van der Waals surface area contributed by atoms with Gasteiger partial charge in [0.05, 0.1) is 5.69 Å². The molecule has 3 heteroatoms. The fourth-order valence-electron chi connectivity index (χ4n) is 0.517. The van der Waals surface area contributed by atoms with E-state index < -0.39 is 0 Å². The monoisotopic (exact) mass is 297 g/mol. The van der Waals surface area contributed by atoms with E-state index in [1.165, 1.54) is 3.57 Å². The first-order valence-electron chi connectivity index (χ1n) is 2.48. The lowest BCUT2D eigenvalue weighted by Gasteiger charge is -1.96. The first kappa shape index (κ1) is 7.47. The van der Waals surface area contributed by atoms with Crippen molar-refractivity contribution in [2.24, 2.45) is 0 Å². The van der Waals surface area contributed by atoms with Crippen LogP contribution in [0.25, 0.3) is 0 Å². The maximum Gasteiger partial charge on any atom is 0.0517 e. The van der Waals surface area contributed by atoms with Crippen LogP contribution < -0.4 is 0 Å². The van der Waals surface area contributed by atoms with Gasteiger partial charge in [0.1, 0.15) is 0 Å². The predicted octanol–water partition coefficient (Wildman–Crippen LogP) is 2.76. The normalized spacial score (nSPS) is 9.67. The molecule has 0 saturated heterocycles. The third-order valence-electron chi connectivity index (χ3n) is 1.02. The molecule has 48 valence electrons. The highest BCUT2D eigenvalue weighted by Crippen LogP contribution is 2.19. The number of pyridine rings is 1. The van der Waals surface area contributed by atoms with Crippen LogP contribution in [0.2, 0.25) is 0 Å². The number of hydrogen-bond donors (Lipinski definition) is 0. The molecule has 9 heavy (non-hydrogen) atoms. The van der Waals surface area contributed by atoms with Gasteiger partial charge in [-0.25, -0.2) is 0 Å². The molecule has 0 atom stereocenters. The molecule has 0 bridgehead atoms. The number of nitrogens with zero attached hydrogens (tertiary/aromatic N) is 1. The van der Waals surface area contributed by atoms with Crippen molar-refractivity contribution >= 4 is 38.5 Å². The van der Waals surface area contributed by atoms with Gasteiger partial charge < -0.3 is 0 Å². The Hall–Kier alpha value is 0.360. The second-order valence-corrected chi connectivity index (χ2v) is 3.63. The molecule has 0 radical (unpaired) electrons. The van der Waals surface area contributed by atoms with Crippen molar-refractivity contribution in [2.45, 2.75) is 6.92 Å². The third-order valence-corrected chi connectivity index (χ3v) is 3.78. The molecule has 0 saturated carbocycles. The smallest absolute Gasteiger partial charge is 0.0517 e. The predicted molar refractivity (Wildman–Crippen MR) is 49.4 cm³/mol. The first-order chi connectivity index (χ1) is 4.22. The van der Waals surface area contributed by atoms with Crippen LogP contribution in [0.5, 0.6) is 0 Å². The van der Waals surface area contributed by atoms with Gasteiger partial charge in [0.15, 0.2) is 0 Å². The standard InChI is InChI=1S/C6H5BrIN/c1-4-6(8)5(7)2-3-9-4/h2-3H,1H3. The van der Waals surface area contributed by atoms with Gasteiger partial charge in [-0.3, -0.25) is 4.98 Å². The molecule has 0 aliphatic carbocycles. The molecule has 0 amide bonds. The Balaban J connectivity index is 3.25. The molecule has 0 aromatic carbocycles. The van der Waals surface area contributed by atoms with Crippen molar-refractivity contribution in [3.05, 3.63) is 26.0 Å². The van der Waals surface area contributed by atoms with Gasteiger partial charge in [-0.15, -0.1) is 0 Å². The van der Waals surface area contributed by atoms with E-state index in [1.54, 1.807) is 6.20 Å². The Morgan fingerprint density at radius 3 is 2.78 bits per heavy atom. The molecular formula is C6H5BrIN. The van der Waals surface area contributed by atoms with E-state index in [1.807, 2.05) is 13.0 Å². The average molecular weight is 298 g/mol. The molecule has 0 aliphatic rings. The van der Waals surface area contributed by atoms with Gasteiger partial charge in [0.2, 0.25) is 0 Å². The van der Waals surface area contributed by atoms with Crippen molar-refractivity contribution in [3.63, 3.8) is 0 Å². The Bertz CT molecular complexity index is 204. The number of aryl methyl sites for hydroxylation is 1. The molecule has 0 fully saturated rings. The van der Waals surface area contributed by atoms with Gasteiger partial charge in [-0.05, 0) is 51.5 Å². The fourth-order valence-corrected chi connectivity index (χ4v) is 1.24. The maximum atomic E-state index is 4.10. The highest BCUT2D eigenvalue weighted by molar-refractivity contribution is 14.1. The summed E-state index contributed by atoms with van der Waals surface area (Å²) < 4.78 is 2.31.